The van der Waals surface area contributed by atoms with Crippen molar-refractivity contribution in [2.45, 2.75) is 19.8 Å². The van der Waals surface area contributed by atoms with Gasteiger partial charge in [-0.05, 0) is 29.7 Å². The SMILES string of the molecule is COc1ccc(N2CCN(CC(=O)Nc3ccccc3C(C)C)C2=O)cc1OC. The smallest absolute Gasteiger partial charge is 0.325 e. The van der Waals surface area contributed by atoms with Gasteiger partial charge in [-0.1, -0.05) is 32.0 Å². The number of para-hydroxylation sites is 1. The van der Waals surface area contributed by atoms with Crippen molar-refractivity contribution in [3.8, 4) is 11.5 Å². The molecule has 0 atom stereocenters. The number of amides is 3. The zero-order valence-corrected chi connectivity index (χ0v) is 17.3. The molecule has 29 heavy (non-hydrogen) atoms. The fraction of sp³-hybridized carbons (Fsp3) is 0.364. The molecule has 7 nitrogen and oxygen atoms in total. The van der Waals surface area contributed by atoms with Crippen LogP contribution in [0.5, 0.6) is 11.5 Å². The van der Waals surface area contributed by atoms with Gasteiger partial charge in [-0.15, -0.1) is 0 Å². The highest BCUT2D eigenvalue weighted by Crippen LogP contribution is 2.32. The van der Waals surface area contributed by atoms with E-state index in [9.17, 15) is 9.59 Å². The number of hydrogen-bond acceptors (Lipinski definition) is 4. The zero-order chi connectivity index (χ0) is 21.0. The van der Waals surface area contributed by atoms with Crippen LogP contribution in [-0.2, 0) is 4.79 Å². The monoisotopic (exact) mass is 397 g/mol. The lowest BCUT2D eigenvalue weighted by atomic mass is 10.0. The summed E-state index contributed by atoms with van der Waals surface area (Å²) in [4.78, 5) is 28.6. The lowest BCUT2D eigenvalue weighted by molar-refractivity contribution is -0.116. The van der Waals surface area contributed by atoms with E-state index in [-0.39, 0.29) is 18.5 Å². The van der Waals surface area contributed by atoms with Crippen molar-refractivity contribution in [1.82, 2.24) is 4.90 Å². The van der Waals surface area contributed by atoms with Crippen LogP contribution in [-0.4, -0.2) is 50.7 Å². The van der Waals surface area contributed by atoms with Gasteiger partial charge in [0.2, 0.25) is 5.91 Å². The molecule has 1 N–H and O–H groups in total. The Morgan fingerprint density at radius 1 is 1.07 bits per heavy atom. The Morgan fingerprint density at radius 2 is 1.79 bits per heavy atom. The number of hydrogen-bond donors (Lipinski definition) is 1. The number of methoxy groups -OCH3 is 2. The molecule has 0 radical (unpaired) electrons. The summed E-state index contributed by atoms with van der Waals surface area (Å²) in [7, 11) is 3.12. The van der Waals surface area contributed by atoms with E-state index in [1.54, 1.807) is 36.2 Å². The summed E-state index contributed by atoms with van der Waals surface area (Å²) < 4.78 is 10.6. The fourth-order valence-electron chi connectivity index (χ4n) is 3.44. The Hall–Kier alpha value is -3.22. The van der Waals surface area contributed by atoms with Gasteiger partial charge in [0.25, 0.3) is 0 Å². The first-order valence-corrected chi connectivity index (χ1v) is 9.61. The number of carbonyl (C=O) groups excluding carboxylic acids is 2. The third-order valence-electron chi connectivity index (χ3n) is 4.97. The quantitative estimate of drug-likeness (QED) is 0.773. The molecule has 1 fully saturated rings. The Balaban J connectivity index is 1.67. The van der Waals surface area contributed by atoms with Crippen LogP contribution in [0.1, 0.15) is 25.3 Å². The van der Waals surface area contributed by atoms with Crippen LogP contribution in [0, 0.1) is 0 Å². The van der Waals surface area contributed by atoms with Crippen LogP contribution in [0.2, 0.25) is 0 Å². The highest BCUT2D eigenvalue weighted by molar-refractivity contribution is 5.99. The standard InChI is InChI=1S/C22H27N3O4/c1-15(2)17-7-5-6-8-18(17)23-21(26)14-24-11-12-25(22(24)27)16-9-10-19(28-3)20(13-16)29-4/h5-10,13,15H,11-12,14H2,1-4H3,(H,23,26). The van der Waals surface area contributed by atoms with Gasteiger partial charge in [-0.3, -0.25) is 9.69 Å². The summed E-state index contributed by atoms with van der Waals surface area (Å²) in [5, 5.41) is 2.94. The first-order valence-electron chi connectivity index (χ1n) is 9.61. The van der Waals surface area contributed by atoms with Crippen molar-refractivity contribution in [2.75, 3.05) is 44.1 Å². The van der Waals surface area contributed by atoms with Crippen LogP contribution < -0.4 is 19.7 Å². The van der Waals surface area contributed by atoms with Crippen LogP contribution in [0.25, 0.3) is 0 Å². The lowest BCUT2D eigenvalue weighted by Crippen LogP contribution is -2.37. The molecule has 7 heteroatoms. The highest BCUT2D eigenvalue weighted by atomic mass is 16.5. The second-order valence-electron chi connectivity index (χ2n) is 7.19. The van der Waals surface area contributed by atoms with Crippen molar-refractivity contribution >= 4 is 23.3 Å². The molecular formula is C22H27N3O4. The predicted molar refractivity (Wildman–Crippen MR) is 113 cm³/mol. The van der Waals surface area contributed by atoms with E-state index in [0.29, 0.717) is 36.2 Å². The Bertz CT molecular complexity index is 897. The second kappa shape index (κ2) is 8.86. The fourth-order valence-corrected chi connectivity index (χ4v) is 3.44. The van der Waals surface area contributed by atoms with Crippen LogP contribution in [0.4, 0.5) is 16.2 Å². The Kier molecular flexibility index (Phi) is 6.26. The number of ether oxygens (including phenoxy) is 2. The molecule has 1 saturated heterocycles. The molecule has 0 spiro atoms. The summed E-state index contributed by atoms with van der Waals surface area (Å²) in [5.74, 6) is 1.24. The van der Waals surface area contributed by atoms with E-state index >= 15 is 0 Å². The Labute approximate surface area is 171 Å². The maximum Gasteiger partial charge on any atom is 0.325 e. The number of nitrogens with one attached hydrogen (secondary N) is 1. The van der Waals surface area contributed by atoms with E-state index in [2.05, 4.69) is 19.2 Å². The molecule has 1 heterocycles. The minimum Gasteiger partial charge on any atom is -0.493 e. The summed E-state index contributed by atoms with van der Waals surface area (Å²) in [6, 6.07) is 12.9. The zero-order valence-electron chi connectivity index (χ0n) is 17.3. The average Bonchev–Trinajstić information content (AvgIpc) is 3.07. The first kappa shape index (κ1) is 20.5. The van der Waals surface area contributed by atoms with E-state index in [1.165, 1.54) is 0 Å². The minimum absolute atomic E-state index is 0.00898. The summed E-state index contributed by atoms with van der Waals surface area (Å²) in [6.45, 7) is 5.15. The number of anilines is 2. The second-order valence-corrected chi connectivity index (χ2v) is 7.19. The topological polar surface area (TPSA) is 71.1 Å². The molecular weight excluding hydrogens is 370 g/mol. The van der Waals surface area contributed by atoms with Gasteiger partial charge >= 0.3 is 6.03 Å². The summed E-state index contributed by atoms with van der Waals surface area (Å²) in [6.07, 6.45) is 0. The number of nitrogens with zero attached hydrogens (tertiary/aromatic N) is 2. The summed E-state index contributed by atoms with van der Waals surface area (Å²) >= 11 is 0. The normalized spacial score (nSPS) is 13.8. The van der Waals surface area contributed by atoms with E-state index in [4.69, 9.17) is 9.47 Å². The maximum absolute atomic E-state index is 12.8. The van der Waals surface area contributed by atoms with E-state index < -0.39 is 0 Å². The largest absolute Gasteiger partial charge is 0.493 e. The highest BCUT2D eigenvalue weighted by Gasteiger charge is 2.31. The molecule has 0 aromatic heterocycles. The van der Waals surface area contributed by atoms with Gasteiger partial charge < -0.3 is 19.7 Å². The third-order valence-corrected chi connectivity index (χ3v) is 4.97. The van der Waals surface area contributed by atoms with Crippen molar-refractivity contribution in [3.63, 3.8) is 0 Å². The molecule has 2 aromatic rings. The van der Waals surface area contributed by atoms with E-state index in [1.807, 2.05) is 30.3 Å². The molecule has 0 bridgehead atoms. The minimum atomic E-state index is -0.208. The molecule has 1 aliphatic heterocycles. The number of rotatable bonds is 7. The van der Waals surface area contributed by atoms with Gasteiger partial charge in [0.1, 0.15) is 6.54 Å². The summed E-state index contributed by atoms with van der Waals surface area (Å²) in [5.41, 5.74) is 2.57. The van der Waals surface area contributed by atoms with Crippen LogP contribution in [0.3, 0.4) is 0 Å². The lowest BCUT2D eigenvalue weighted by Gasteiger charge is -2.20. The molecule has 0 unspecified atom stereocenters. The van der Waals surface area contributed by atoms with Crippen LogP contribution >= 0.6 is 0 Å². The molecule has 2 aromatic carbocycles. The average molecular weight is 397 g/mol. The van der Waals surface area contributed by atoms with Crippen molar-refractivity contribution in [2.24, 2.45) is 0 Å². The van der Waals surface area contributed by atoms with Gasteiger partial charge in [0.15, 0.2) is 11.5 Å². The molecule has 0 aliphatic carbocycles. The van der Waals surface area contributed by atoms with Gasteiger partial charge in [0, 0.05) is 30.5 Å². The molecule has 154 valence electrons. The van der Waals surface area contributed by atoms with Crippen molar-refractivity contribution in [1.29, 1.82) is 0 Å². The third kappa shape index (κ3) is 4.45. The molecule has 3 amide bonds. The van der Waals surface area contributed by atoms with Crippen LogP contribution in [0.15, 0.2) is 42.5 Å². The van der Waals surface area contributed by atoms with Gasteiger partial charge in [0.05, 0.1) is 14.2 Å². The number of urea groups is 1. The first-order chi connectivity index (χ1) is 13.9. The molecule has 0 saturated carbocycles. The van der Waals surface area contributed by atoms with Gasteiger partial charge in [-0.25, -0.2) is 4.79 Å². The van der Waals surface area contributed by atoms with E-state index in [0.717, 1.165) is 11.3 Å². The maximum atomic E-state index is 12.8. The number of carbonyl (C=O) groups is 2. The number of benzene rings is 2. The van der Waals surface area contributed by atoms with Gasteiger partial charge in [-0.2, -0.15) is 0 Å². The Morgan fingerprint density at radius 3 is 2.48 bits per heavy atom. The molecule has 1 aliphatic rings. The molecule has 3 rings (SSSR count). The van der Waals surface area contributed by atoms with Crippen molar-refractivity contribution in [3.05, 3.63) is 48.0 Å². The predicted octanol–water partition coefficient (Wildman–Crippen LogP) is 3.71. The van der Waals surface area contributed by atoms with Crippen molar-refractivity contribution < 1.29 is 19.1 Å².